The largest absolute Gasteiger partial charge is 0.453 e. The molecule has 0 aliphatic carbocycles. The first kappa shape index (κ1) is 14.4. The summed E-state index contributed by atoms with van der Waals surface area (Å²) >= 11 is 0. The number of piperidine rings is 2. The van der Waals surface area contributed by atoms with Gasteiger partial charge in [0, 0.05) is 24.9 Å². The molecular formula is C14H22N2O5. The van der Waals surface area contributed by atoms with Gasteiger partial charge in [-0.25, -0.2) is 9.59 Å². The van der Waals surface area contributed by atoms with Crippen LogP contribution in [0.5, 0.6) is 0 Å². The van der Waals surface area contributed by atoms with Gasteiger partial charge in [0.15, 0.2) is 0 Å². The second kappa shape index (κ2) is 5.71. The van der Waals surface area contributed by atoms with E-state index in [0.717, 1.165) is 25.7 Å². The number of hydrogen-bond donors (Lipinski definition) is 0. The second-order valence-corrected chi connectivity index (χ2v) is 5.86. The Morgan fingerprint density at radius 3 is 1.71 bits per heavy atom. The fraction of sp³-hybridized carbons (Fsp3) is 0.857. The lowest BCUT2D eigenvalue weighted by atomic mass is 9.81. The first-order chi connectivity index (χ1) is 10.2. The van der Waals surface area contributed by atoms with Crippen LogP contribution in [0.4, 0.5) is 9.59 Å². The molecule has 0 bridgehead atoms. The molecule has 0 aromatic carbocycles. The van der Waals surface area contributed by atoms with Crippen molar-refractivity contribution in [2.24, 2.45) is 11.8 Å². The Hall–Kier alpha value is -1.50. The van der Waals surface area contributed by atoms with Crippen LogP contribution in [-0.2, 0) is 14.2 Å². The number of amides is 2. The molecule has 3 fully saturated rings. The van der Waals surface area contributed by atoms with E-state index in [0.29, 0.717) is 13.1 Å². The van der Waals surface area contributed by atoms with Crippen molar-refractivity contribution in [3.8, 4) is 0 Å². The van der Waals surface area contributed by atoms with E-state index in [1.165, 1.54) is 14.2 Å². The summed E-state index contributed by atoms with van der Waals surface area (Å²) in [6.45, 7) is 1.29. The summed E-state index contributed by atoms with van der Waals surface area (Å²) in [7, 11) is 2.77. The van der Waals surface area contributed by atoms with Gasteiger partial charge in [-0.15, -0.1) is 0 Å². The minimum atomic E-state index is -0.354. The lowest BCUT2D eigenvalue weighted by Gasteiger charge is -2.37. The molecule has 0 radical (unpaired) electrons. The molecule has 4 unspecified atom stereocenters. The summed E-state index contributed by atoms with van der Waals surface area (Å²) in [4.78, 5) is 27.1. The molecule has 7 heteroatoms. The van der Waals surface area contributed by atoms with E-state index < -0.39 is 0 Å². The first-order valence-electron chi connectivity index (χ1n) is 7.52. The van der Waals surface area contributed by atoms with Crippen molar-refractivity contribution in [3.05, 3.63) is 0 Å². The Morgan fingerprint density at radius 1 is 0.905 bits per heavy atom. The molecule has 0 aromatic heterocycles. The molecule has 21 heavy (non-hydrogen) atoms. The minimum Gasteiger partial charge on any atom is -0.453 e. The molecule has 0 saturated carbocycles. The van der Waals surface area contributed by atoms with Gasteiger partial charge < -0.3 is 14.2 Å². The zero-order valence-corrected chi connectivity index (χ0v) is 12.5. The molecule has 118 valence electrons. The predicted molar refractivity (Wildman–Crippen MR) is 72.3 cm³/mol. The first-order valence-corrected chi connectivity index (χ1v) is 7.52. The molecule has 7 nitrogen and oxygen atoms in total. The predicted octanol–water partition coefficient (Wildman–Crippen LogP) is 1.63. The quantitative estimate of drug-likeness (QED) is 0.680. The Morgan fingerprint density at radius 2 is 1.33 bits per heavy atom. The van der Waals surface area contributed by atoms with Gasteiger partial charge in [0.1, 0.15) is 12.5 Å². The molecule has 3 aliphatic heterocycles. The maximum absolute atomic E-state index is 11.9. The molecule has 3 heterocycles. The molecule has 3 saturated heterocycles. The average Bonchev–Trinajstić information content (AvgIpc) is 2.91. The third-order valence-electron chi connectivity index (χ3n) is 4.87. The van der Waals surface area contributed by atoms with Gasteiger partial charge in [-0.05, 0) is 25.7 Å². The molecule has 0 spiro atoms. The summed E-state index contributed by atoms with van der Waals surface area (Å²) < 4.78 is 15.8. The van der Waals surface area contributed by atoms with E-state index in [-0.39, 0.29) is 36.5 Å². The van der Waals surface area contributed by atoms with E-state index in [1.54, 1.807) is 9.80 Å². The zero-order valence-electron chi connectivity index (χ0n) is 12.5. The fourth-order valence-corrected chi connectivity index (χ4v) is 3.96. The van der Waals surface area contributed by atoms with Crippen LogP contribution in [0.1, 0.15) is 25.7 Å². The van der Waals surface area contributed by atoms with Crippen molar-refractivity contribution in [1.82, 2.24) is 9.80 Å². The summed E-state index contributed by atoms with van der Waals surface area (Å²) in [5.41, 5.74) is 0. The van der Waals surface area contributed by atoms with Crippen molar-refractivity contribution < 1.29 is 23.8 Å². The number of carbonyl (C=O) groups excluding carboxylic acids is 2. The fourth-order valence-electron chi connectivity index (χ4n) is 3.96. The van der Waals surface area contributed by atoms with Crippen LogP contribution < -0.4 is 0 Å². The third-order valence-corrected chi connectivity index (χ3v) is 4.87. The van der Waals surface area contributed by atoms with Crippen molar-refractivity contribution in [2.75, 3.05) is 27.3 Å². The molecule has 3 rings (SSSR count). The summed E-state index contributed by atoms with van der Waals surface area (Å²) in [6.07, 6.45) is 2.66. The lowest BCUT2D eigenvalue weighted by Crippen LogP contribution is -2.48. The van der Waals surface area contributed by atoms with Gasteiger partial charge in [0.05, 0.1) is 14.2 Å². The van der Waals surface area contributed by atoms with Crippen LogP contribution in [-0.4, -0.2) is 61.8 Å². The topological polar surface area (TPSA) is 68.3 Å². The van der Waals surface area contributed by atoms with Gasteiger partial charge in [0.25, 0.3) is 0 Å². The van der Waals surface area contributed by atoms with Gasteiger partial charge in [-0.3, -0.25) is 9.80 Å². The summed E-state index contributed by atoms with van der Waals surface area (Å²) in [5.74, 6) is 0.547. The van der Waals surface area contributed by atoms with Crippen LogP contribution in [0.15, 0.2) is 0 Å². The van der Waals surface area contributed by atoms with Crippen LogP contribution in [0.2, 0.25) is 0 Å². The van der Waals surface area contributed by atoms with Gasteiger partial charge in [-0.1, -0.05) is 0 Å². The number of likely N-dealkylation sites (tertiary alicyclic amines) is 2. The van der Waals surface area contributed by atoms with Crippen molar-refractivity contribution in [3.63, 3.8) is 0 Å². The van der Waals surface area contributed by atoms with Crippen molar-refractivity contribution in [1.29, 1.82) is 0 Å². The van der Waals surface area contributed by atoms with Crippen LogP contribution in [0.25, 0.3) is 0 Å². The van der Waals surface area contributed by atoms with Crippen LogP contribution in [0.3, 0.4) is 0 Å². The highest BCUT2D eigenvalue weighted by molar-refractivity contribution is 5.69. The maximum atomic E-state index is 11.9. The monoisotopic (exact) mass is 298 g/mol. The molecule has 0 N–H and O–H groups in total. The second-order valence-electron chi connectivity index (χ2n) is 5.86. The maximum Gasteiger partial charge on any atom is 0.411 e. The highest BCUT2D eigenvalue weighted by atomic mass is 16.6. The smallest absolute Gasteiger partial charge is 0.411 e. The van der Waals surface area contributed by atoms with Crippen molar-refractivity contribution in [2.45, 2.75) is 38.1 Å². The highest BCUT2D eigenvalue weighted by Crippen LogP contribution is 2.45. The van der Waals surface area contributed by atoms with E-state index in [4.69, 9.17) is 14.2 Å². The number of nitrogens with zero attached hydrogens (tertiary/aromatic N) is 2. The molecule has 3 aliphatic rings. The van der Waals surface area contributed by atoms with E-state index in [9.17, 15) is 9.59 Å². The number of carbonyl (C=O) groups is 2. The summed E-state index contributed by atoms with van der Waals surface area (Å²) in [5, 5.41) is 0. The number of rotatable bonds is 0. The van der Waals surface area contributed by atoms with Crippen LogP contribution >= 0.6 is 0 Å². The number of ether oxygens (including phenoxy) is 3. The van der Waals surface area contributed by atoms with Gasteiger partial charge >= 0.3 is 12.2 Å². The Labute approximate surface area is 124 Å². The number of fused-ring (bicyclic) bond motifs is 3. The normalized spacial score (nSPS) is 35.0. The van der Waals surface area contributed by atoms with Crippen molar-refractivity contribution >= 4 is 12.2 Å². The SMILES string of the molecule is COC(=O)N1CCCC2C3CCCN(C(=O)OC)C3OC21. The summed E-state index contributed by atoms with van der Waals surface area (Å²) in [6, 6.07) is 0. The Kier molecular flexibility index (Phi) is 3.93. The average molecular weight is 298 g/mol. The standard InChI is InChI=1S/C14H22N2O5/c1-19-13(17)15-7-3-5-9-10-6-4-8-16(14(18)20-2)12(10)21-11(9)15/h9-12H,3-8H2,1-2H3. The third kappa shape index (κ3) is 2.33. The Bertz CT molecular complexity index is 392. The molecule has 2 amide bonds. The Balaban J connectivity index is 1.81. The highest BCUT2D eigenvalue weighted by Gasteiger charge is 2.53. The van der Waals surface area contributed by atoms with E-state index in [2.05, 4.69) is 0 Å². The van der Waals surface area contributed by atoms with Gasteiger partial charge in [-0.2, -0.15) is 0 Å². The molecular weight excluding hydrogens is 276 g/mol. The molecule has 0 aromatic rings. The number of methoxy groups -OCH3 is 2. The lowest BCUT2D eigenvalue weighted by molar-refractivity contribution is -0.118. The van der Waals surface area contributed by atoms with Crippen LogP contribution in [0, 0.1) is 11.8 Å². The van der Waals surface area contributed by atoms with E-state index in [1.807, 2.05) is 0 Å². The molecule has 4 atom stereocenters. The van der Waals surface area contributed by atoms with E-state index >= 15 is 0 Å². The number of hydrogen-bond acceptors (Lipinski definition) is 5. The van der Waals surface area contributed by atoms with Gasteiger partial charge in [0.2, 0.25) is 0 Å². The minimum absolute atomic E-state index is 0.273. The zero-order chi connectivity index (χ0) is 15.0.